The lowest BCUT2D eigenvalue weighted by Gasteiger charge is -2.15. The summed E-state index contributed by atoms with van der Waals surface area (Å²) in [6, 6.07) is 2.33. The minimum atomic E-state index is 0.428. The molecule has 0 fully saturated rings. The fourth-order valence-corrected chi connectivity index (χ4v) is 1.50. The summed E-state index contributed by atoms with van der Waals surface area (Å²) in [6.07, 6.45) is 2.92. The first-order chi connectivity index (χ1) is 6.58. The summed E-state index contributed by atoms with van der Waals surface area (Å²) in [5.74, 6) is 1.43. The summed E-state index contributed by atoms with van der Waals surface area (Å²) in [6.45, 7) is 8.57. The second-order valence-corrected chi connectivity index (χ2v) is 4.20. The Hall–Kier alpha value is -1.12. The van der Waals surface area contributed by atoms with Gasteiger partial charge in [0.15, 0.2) is 0 Å². The molecule has 3 heteroatoms. The van der Waals surface area contributed by atoms with E-state index in [0.717, 1.165) is 18.1 Å². The van der Waals surface area contributed by atoms with Gasteiger partial charge in [-0.3, -0.25) is 0 Å². The smallest absolute Gasteiger partial charge is 0.223 e. The van der Waals surface area contributed by atoms with Gasteiger partial charge in [0.2, 0.25) is 5.95 Å². The SMILES string of the molecule is Cc1ccnc(NC(C)CC(C)C)n1. The largest absolute Gasteiger partial charge is 0.352 e. The van der Waals surface area contributed by atoms with Crippen molar-refractivity contribution in [2.24, 2.45) is 5.92 Å². The van der Waals surface area contributed by atoms with E-state index in [2.05, 4.69) is 36.1 Å². The molecule has 1 unspecified atom stereocenters. The molecule has 0 aromatic carbocycles. The lowest BCUT2D eigenvalue weighted by molar-refractivity contribution is 0.537. The highest BCUT2D eigenvalue weighted by Gasteiger charge is 2.05. The zero-order chi connectivity index (χ0) is 10.6. The first-order valence-corrected chi connectivity index (χ1v) is 5.14. The molecular formula is C11H19N3. The monoisotopic (exact) mass is 193 g/mol. The zero-order valence-electron chi connectivity index (χ0n) is 9.41. The van der Waals surface area contributed by atoms with E-state index in [1.807, 2.05) is 13.0 Å². The van der Waals surface area contributed by atoms with Crippen LogP contribution in [0, 0.1) is 12.8 Å². The number of hydrogen-bond acceptors (Lipinski definition) is 3. The van der Waals surface area contributed by atoms with Crippen molar-refractivity contribution in [1.82, 2.24) is 9.97 Å². The van der Waals surface area contributed by atoms with E-state index < -0.39 is 0 Å². The van der Waals surface area contributed by atoms with Crippen LogP contribution < -0.4 is 5.32 Å². The third-order valence-electron chi connectivity index (χ3n) is 2.00. The lowest BCUT2D eigenvalue weighted by Crippen LogP contribution is -2.19. The highest BCUT2D eigenvalue weighted by molar-refractivity contribution is 5.25. The van der Waals surface area contributed by atoms with Crippen molar-refractivity contribution >= 4 is 5.95 Å². The molecule has 1 atom stereocenters. The fraction of sp³-hybridized carbons (Fsp3) is 0.636. The second-order valence-electron chi connectivity index (χ2n) is 4.20. The zero-order valence-corrected chi connectivity index (χ0v) is 9.41. The van der Waals surface area contributed by atoms with Gasteiger partial charge in [-0.1, -0.05) is 13.8 Å². The number of rotatable bonds is 4. The van der Waals surface area contributed by atoms with Crippen molar-refractivity contribution in [3.8, 4) is 0 Å². The van der Waals surface area contributed by atoms with Crippen molar-refractivity contribution in [3.63, 3.8) is 0 Å². The normalized spacial score (nSPS) is 12.9. The summed E-state index contributed by atoms with van der Waals surface area (Å²) in [4.78, 5) is 8.46. The summed E-state index contributed by atoms with van der Waals surface area (Å²) in [5, 5.41) is 3.29. The van der Waals surface area contributed by atoms with E-state index in [-0.39, 0.29) is 0 Å². The van der Waals surface area contributed by atoms with Gasteiger partial charge < -0.3 is 5.32 Å². The first kappa shape index (κ1) is 11.0. The van der Waals surface area contributed by atoms with Crippen molar-refractivity contribution < 1.29 is 0 Å². The van der Waals surface area contributed by atoms with Crippen molar-refractivity contribution in [3.05, 3.63) is 18.0 Å². The van der Waals surface area contributed by atoms with Gasteiger partial charge >= 0.3 is 0 Å². The van der Waals surface area contributed by atoms with Crippen LogP contribution in [0.3, 0.4) is 0 Å². The Morgan fingerprint density at radius 3 is 2.64 bits per heavy atom. The highest BCUT2D eigenvalue weighted by Crippen LogP contribution is 2.08. The van der Waals surface area contributed by atoms with E-state index in [4.69, 9.17) is 0 Å². The van der Waals surface area contributed by atoms with E-state index >= 15 is 0 Å². The highest BCUT2D eigenvalue weighted by atomic mass is 15.1. The average molecular weight is 193 g/mol. The Labute approximate surface area is 86.0 Å². The topological polar surface area (TPSA) is 37.8 Å². The van der Waals surface area contributed by atoms with E-state index in [0.29, 0.717) is 12.0 Å². The predicted octanol–water partition coefficient (Wildman–Crippen LogP) is 2.63. The van der Waals surface area contributed by atoms with E-state index in [1.54, 1.807) is 6.20 Å². The lowest BCUT2D eigenvalue weighted by atomic mass is 10.1. The van der Waals surface area contributed by atoms with Crippen LogP contribution in [0.15, 0.2) is 12.3 Å². The maximum absolute atomic E-state index is 4.30. The summed E-state index contributed by atoms with van der Waals surface area (Å²) in [7, 11) is 0. The van der Waals surface area contributed by atoms with E-state index in [9.17, 15) is 0 Å². The third kappa shape index (κ3) is 3.73. The predicted molar refractivity (Wildman–Crippen MR) is 59.3 cm³/mol. The number of nitrogens with one attached hydrogen (secondary N) is 1. The van der Waals surface area contributed by atoms with Crippen LogP contribution in [0.25, 0.3) is 0 Å². The molecule has 1 N–H and O–H groups in total. The van der Waals surface area contributed by atoms with Gasteiger partial charge in [0.05, 0.1) is 0 Å². The Balaban J connectivity index is 2.51. The number of hydrogen-bond donors (Lipinski definition) is 1. The summed E-state index contributed by atoms with van der Waals surface area (Å²) < 4.78 is 0. The van der Waals surface area contributed by atoms with Crippen molar-refractivity contribution in [2.45, 2.75) is 40.2 Å². The third-order valence-corrected chi connectivity index (χ3v) is 2.00. The minimum Gasteiger partial charge on any atom is -0.352 e. The molecule has 1 aromatic heterocycles. The van der Waals surface area contributed by atoms with Crippen LogP contribution in [-0.4, -0.2) is 16.0 Å². The molecule has 0 radical (unpaired) electrons. The Morgan fingerprint density at radius 1 is 1.36 bits per heavy atom. The van der Waals surface area contributed by atoms with Gasteiger partial charge in [-0.15, -0.1) is 0 Å². The quantitative estimate of drug-likeness (QED) is 0.798. The molecule has 0 amide bonds. The molecule has 0 saturated carbocycles. The van der Waals surface area contributed by atoms with E-state index in [1.165, 1.54) is 0 Å². The molecule has 1 heterocycles. The van der Waals surface area contributed by atoms with Gasteiger partial charge in [-0.2, -0.15) is 0 Å². The number of aromatic nitrogens is 2. The van der Waals surface area contributed by atoms with Gasteiger partial charge in [-0.25, -0.2) is 9.97 Å². The molecular weight excluding hydrogens is 174 g/mol. The number of aryl methyl sites for hydroxylation is 1. The van der Waals surface area contributed by atoms with Crippen LogP contribution in [0.5, 0.6) is 0 Å². The molecule has 0 aliphatic heterocycles. The Bertz CT molecular complexity index is 284. The van der Waals surface area contributed by atoms with Gasteiger partial charge in [0, 0.05) is 17.9 Å². The van der Waals surface area contributed by atoms with Gasteiger partial charge in [0.25, 0.3) is 0 Å². The summed E-state index contributed by atoms with van der Waals surface area (Å²) in [5.41, 5.74) is 0.999. The minimum absolute atomic E-state index is 0.428. The molecule has 0 saturated heterocycles. The van der Waals surface area contributed by atoms with Crippen LogP contribution in [0.1, 0.15) is 32.9 Å². The average Bonchev–Trinajstić information content (AvgIpc) is 2.01. The number of nitrogens with zero attached hydrogens (tertiary/aromatic N) is 2. The molecule has 14 heavy (non-hydrogen) atoms. The van der Waals surface area contributed by atoms with Crippen molar-refractivity contribution in [2.75, 3.05) is 5.32 Å². The van der Waals surface area contributed by atoms with Crippen LogP contribution in [0.4, 0.5) is 5.95 Å². The molecule has 78 valence electrons. The first-order valence-electron chi connectivity index (χ1n) is 5.14. The molecule has 0 bridgehead atoms. The molecule has 0 aliphatic rings. The standard InChI is InChI=1S/C11H19N3/c1-8(2)7-10(4)14-11-12-6-5-9(3)13-11/h5-6,8,10H,7H2,1-4H3,(H,12,13,14). The Kier molecular flexibility index (Phi) is 3.86. The molecule has 1 rings (SSSR count). The molecule has 0 aliphatic carbocycles. The maximum Gasteiger partial charge on any atom is 0.223 e. The van der Waals surface area contributed by atoms with Gasteiger partial charge in [0.1, 0.15) is 0 Å². The second kappa shape index (κ2) is 4.94. The number of anilines is 1. The molecule has 1 aromatic rings. The molecule has 0 spiro atoms. The molecule has 3 nitrogen and oxygen atoms in total. The van der Waals surface area contributed by atoms with Crippen LogP contribution in [-0.2, 0) is 0 Å². The van der Waals surface area contributed by atoms with Crippen molar-refractivity contribution in [1.29, 1.82) is 0 Å². The summed E-state index contributed by atoms with van der Waals surface area (Å²) >= 11 is 0. The van der Waals surface area contributed by atoms with Crippen LogP contribution >= 0.6 is 0 Å². The van der Waals surface area contributed by atoms with Gasteiger partial charge in [-0.05, 0) is 32.3 Å². The fourth-order valence-electron chi connectivity index (χ4n) is 1.50. The van der Waals surface area contributed by atoms with Crippen LogP contribution in [0.2, 0.25) is 0 Å². The Morgan fingerprint density at radius 2 is 2.07 bits per heavy atom. The maximum atomic E-state index is 4.30.